The number of ether oxygens (including phenoxy) is 1. The van der Waals surface area contributed by atoms with E-state index < -0.39 is 0 Å². The van der Waals surface area contributed by atoms with Crippen molar-refractivity contribution in [2.75, 3.05) is 19.0 Å². The van der Waals surface area contributed by atoms with Crippen molar-refractivity contribution in [1.82, 2.24) is 29.1 Å². The van der Waals surface area contributed by atoms with Crippen LogP contribution in [0.25, 0.3) is 22.6 Å². The van der Waals surface area contributed by atoms with Gasteiger partial charge in [0, 0.05) is 56.7 Å². The second-order valence-corrected chi connectivity index (χ2v) is 6.63. The minimum atomic E-state index is 0.584. The van der Waals surface area contributed by atoms with Crippen LogP contribution >= 0.6 is 0 Å². The van der Waals surface area contributed by atoms with Gasteiger partial charge in [-0.15, -0.1) is 0 Å². The van der Waals surface area contributed by atoms with E-state index in [1.54, 1.807) is 19.5 Å². The van der Waals surface area contributed by atoms with E-state index in [2.05, 4.69) is 20.3 Å². The van der Waals surface area contributed by atoms with Gasteiger partial charge in [0.2, 0.25) is 5.95 Å². The van der Waals surface area contributed by atoms with E-state index in [1.165, 1.54) is 0 Å². The molecule has 0 spiro atoms. The molecule has 0 unspecified atom stereocenters. The summed E-state index contributed by atoms with van der Waals surface area (Å²) in [5.74, 6) is 2.15. The highest BCUT2D eigenvalue weighted by atomic mass is 16.5. The first-order valence-electron chi connectivity index (χ1n) is 9.43. The van der Waals surface area contributed by atoms with E-state index in [0.717, 1.165) is 47.9 Å². The number of hydrogen-bond donors (Lipinski definition) is 1. The first kappa shape index (κ1) is 18.7. The van der Waals surface area contributed by atoms with E-state index in [4.69, 9.17) is 9.72 Å². The molecule has 4 rings (SSSR count). The molecular formula is C21H23N7O. The molecule has 0 amide bonds. The molecule has 3 heterocycles. The highest BCUT2D eigenvalue weighted by molar-refractivity contribution is 5.78. The molecule has 4 aromatic rings. The number of aromatic nitrogens is 6. The second-order valence-electron chi connectivity index (χ2n) is 6.63. The molecule has 148 valence electrons. The number of methoxy groups -OCH3 is 1. The Kier molecular flexibility index (Phi) is 5.51. The van der Waals surface area contributed by atoms with Crippen molar-refractivity contribution in [1.29, 1.82) is 0 Å². The summed E-state index contributed by atoms with van der Waals surface area (Å²) in [5, 5.41) is 3.31. The number of rotatable bonds is 8. The molecule has 1 N–H and O–H groups in total. The van der Waals surface area contributed by atoms with Crippen molar-refractivity contribution in [3.05, 3.63) is 61.6 Å². The van der Waals surface area contributed by atoms with Crippen LogP contribution in [-0.2, 0) is 13.6 Å². The maximum Gasteiger partial charge on any atom is 0.223 e. The standard InChI is InChI=1S/C21H23N7O/c1-27-11-9-23-20(27)19-18(16-5-3-6-17(13-16)29-2)14-25-21(26-19)24-7-4-10-28-12-8-22-15-28/h3,5-6,8-9,11-15H,4,7,10H2,1-2H3,(H,24,25,26). The van der Waals surface area contributed by atoms with Crippen LogP contribution in [0.15, 0.2) is 61.6 Å². The topological polar surface area (TPSA) is 82.7 Å². The van der Waals surface area contributed by atoms with Crippen molar-refractivity contribution in [2.24, 2.45) is 7.05 Å². The summed E-state index contributed by atoms with van der Waals surface area (Å²) in [5.41, 5.74) is 2.66. The minimum Gasteiger partial charge on any atom is -0.497 e. The van der Waals surface area contributed by atoms with Gasteiger partial charge in [-0.1, -0.05) is 12.1 Å². The third-order valence-corrected chi connectivity index (χ3v) is 4.64. The molecule has 0 radical (unpaired) electrons. The SMILES string of the molecule is COc1cccc(-c2cnc(NCCCn3ccnc3)nc2-c2nccn2C)c1. The van der Waals surface area contributed by atoms with Gasteiger partial charge < -0.3 is 19.2 Å². The van der Waals surface area contributed by atoms with Crippen molar-refractivity contribution < 1.29 is 4.74 Å². The van der Waals surface area contributed by atoms with E-state index in [1.807, 2.05) is 65.4 Å². The summed E-state index contributed by atoms with van der Waals surface area (Å²) in [6.07, 6.45) is 12.0. The van der Waals surface area contributed by atoms with Gasteiger partial charge >= 0.3 is 0 Å². The summed E-state index contributed by atoms with van der Waals surface area (Å²) in [4.78, 5) is 17.9. The highest BCUT2D eigenvalue weighted by Gasteiger charge is 2.15. The van der Waals surface area contributed by atoms with Gasteiger partial charge in [-0.05, 0) is 24.1 Å². The van der Waals surface area contributed by atoms with Gasteiger partial charge in [0.05, 0.1) is 13.4 Å². The predicted octanol–water partition coefficient (Wildman–Crippen LogP) is 3.25. The van der Waals surface area contributed by atoms with Crippen molar-refractivity contribution in [3.8, 4) is 28.4 Å². The maximum absolute atomic E-state index is 5.37. The summed E-state index contributed by atoms with van der Waals surface area (Å²) >= 11 is 0. The molecule has 0 aliphatic rings. The Bertz CT molecular complexity index is 1070. The molecule has 8 heteroatoms. The zero-order chi connectivity index (χ0) is 20.1. The van der Waals surface area contributed by atoms with Gasteiger partial charge in [-0.25, -0.2) is 19.9 Å². The van der Waals surface area contributed by atoms with Crippen molar-refractivity contribution in [2.45, 2.75) is 13.0 Å². The average Bonchev–Trinajstić information content (AvgIpc) is 3.43. The second kappa shape index (κ2) is 8.55. The molecule has 0 atom stereocenters. The lowest BCUT2D eigenvalue weighted by atomic mass is 10.0. The Balaban J connectivity index is 1.59. The normalized spacial score (nSPS) is 10.8. The molecule has 8 nitrogen and oxygen atoms in total. The maximum atomic E-state index is 5.37. The first-order valence-corrected chi connectivity index (χ1v) is 9.43. The van der Waals surface area contributed by atoms with Gasteiger partial charge in [-0.3, -0.25) is 0 Å². The molecule has 0 aliphatic carbocycles. The average molecular weight is 389 g/mol. The molecule has 29 heavy (non-hydrogen) atoms. The van der Waals surface area contributed by atoms with E-state index >= 15 is 0 Å². The van der Waals surface area contributed by atoms with Crippen LogP contribution in [0, 0.1) is 0 Å². The van der Waals surface area contributed by atoms with Gasteiger partial charge in [0.15, 0.2) is 5.82 Å². The Labute approximate surface area is 169 Å². The smallest absolute Gasteiger partial charge is 0.223 e. The number of imidazole rings is 2. The fourth-order valence-electron chi connectivity index (χ4n) is 3.11. The lowest BCUT2D eigenvalue weighted by Gasteiger charge is -2.12. The van der Waals surface area contributed by atoms with E-state index in [-0.39, 0.29) is 0 Å². The Hall–Kier alpha value is -3.68. The van der Waals surface area contributed by atoms with Crippen LogP contribution in [0.2, 0.25) is 0 Å². The van der Waals surface area contributed by atoms with Crippen LogP contribution in [0.1, 0.15) is 6.42 Å². The number of nitrogens with zero attached hydrogens (tertiary/aromatic N) is 6. The minimum absolute atomic E-state index is 0.584. The zero-order valence-corrected chi connectivity index (χ0v) is 16.5. The Morgan fingerprint density at radius 2 is 2.07 bits per heavy atom. The van der Waals surface area contributed by atoms with Crippen LogP contribution in [-0.4, -0.2) is 42.7 Å². The number of hydrogen-bond acceptors (Lipinski definition) is 6. The number of benzene rings is 1. The monoisotopic (exact) mass is 389 g/mol. The summed E-state index contributed by atoms with van der Waals surface area (Å²) in [6.45, 7) is 1.65. The van der Waals surface area contributed by atoms with Crippen molar-refractivity contribution in [3.63, 3.8) is 0 Å². The molecule has 3 aromatic heterocycles. The van der Waals surface area contributed by atoms with Crippen molar-refractivity contribution >= 4 is 5.95 Å². The lowest BCUT2D eigenvalue weighted by molar-refractivity contribution is 0.415. The van der Waals surface area contributed by atoms with Crippen LogP contribution in [0.4, 0.5) is 5.95 Å². The predicted molar refractivity (Wildman–Crippen MR) is 112 cm³/mol. The number of anilines is 1. The van der Waals surface area contributed by atoms with E-state index in [9.17, 15) is 0 Å². The summed E-state index contributed by atoms with van der Waals surface area (Å²) in [6, 6.07) is 7.87. The molecule has 0 fully saturated rings. The zero-order valence-electron chi connectivity index (χ0n) is 16.5. The molecular weight excluding hydrogens is 366 g/mol. The highest BCUT2D eigenvalue weighted by Crippen LogP contribution is 2.31. The molecule has 1 aromatic carbocycles. The fourth-order valence-corrected chi connectivity index (χ4v) is 3.11. The third kappa shape index (κ3) is 4.26. The Morgan fingerprint density at radius 1 is 1.14 bits per heavy atom. The number of aryl methyl sites for hydroxylation is 2. The fraction of sp³-hybridized carbons (Fsp3) is 0.238. The van der Waals surface area contributed by atoms with Crippen LogP contribution < -0.4 is 10.1 Å². The first-order chi connectivity index (χ1) is 14.2. The quantitative estimate of drug-likeness (QED) is 0.466. The third-order valence-electron chi connectivity index (χ3n) is 4.64. The lowest BCUT2D eigenvalue weighted by Crippen LogP contribution is -2.09. The van der Waals surface area contributed by atoms with Crippen LogP contribution in [0.5, 0.6) is 5.75 Å². The van der Waals surface area contributed by atoms with Gasteiger partial charge in [0.25, 0.3) is 0 Å². The summed E-state index contributed by atoms with van der Waals surface area (Å²) in [7, 11) is 3.62. The van der Waals surface area contributed by atoms with E-state index in [0.29, 0.717) is 5.95 Å². The Morgan fingerprint density at radius 3 is 2.83 bits per heavy atom. The molecule has 0 aliphatic heterocycles. The molecule has 0 saturated heterocycles. The largest absolute Gasteiger partial charge is 0.497 e. The molecule has 0 saturated carbocycles. The van der Waals surface area contributed by atoms with Crippen LogP contribution in [0.3, 0.4) is 0 Å². The van der Waals surface area contributed by atoms with Gasteiger partial charge in [-0.2, -0.15) is 0 Å². The summed E-state index contributed by atoms with van der Waals surface area (Å²) < 4.78 is 9.37. The number of nitrogens with one attached hydrogen (secondary N) is 1. The molecule has 0 bridgehead atoms. The van der Waals surface area contributed by atoms with Gasteiger partial charge in [0.1, 0.15) is 11.4 Å².